The van der Waals surface area contributed by atoms with Crippen LogP contribution in [-0.2, 0) is 4.74 Å². The summed E-state index contributed by atoms with van der Waals surface area (Å²) in [5, 5.41) is 6.57. The summed E-state index contributed by atoms with van der Waals surface area (Å²) in [5.74, 6) is -0.900. The van der Waals surface area contributed by atoms with Crippen molar-refractivity contribution < 1.29 is 18.7 Å². The third kappa shape index (κ3) is 5.49. The highest BCUT2D eigenvalue weighted by atomic mass is 79.9. The van der Waals surface area contributed by atoms with E-state index >= 15 is 0 Å². The number of nitrogens with one attached hydrogen (secondary N) is 3. The van der Waals surface area contributed by atoms with Gasteiger partial charge in [-0.05, 0) is 67.7 Å². The number of anilines is 2. The van der Waals surface area contributed by atoms with E-state index in [0.29, 0.717) is 17.9 Å². The van der Waals surface area contributed by atoms with Crippen LogP contribution in [0.5, 0.6) is 0 Å². The number of amides is 2. The highest BCUT2D eigenvalue weighted by Gasteiger charge is 2.27. The fourth-order valence-electron chi connectivity index (χ4n) is 4.06. The number of piperidine rings is 1. The van der Waals surface area contributed by atoms with Gasteiger partial charge in [0.05, 0.1) is 21.2 Å². The Hall–Kier alpha value is -3.14. The average molecular weight is 532 g/mol. The fraction of sp³-hybridized carbons (Fsp3) is 0.375. The zero-order valence-corrected chi connectivity index (χ0v) is 20.8. The van der Waals surface area contributed by atoms with Crippen molar-refractivity contribution in [3.8, 4) is 0 Å². The first-order chi connectivity index (χ1) is 16.1. The van der Waals surface area contributed by atoms with Gasteiger partial charge in [0.15, 0.2) is 0 Å². The summed E-state index contributed by atoms with van der Waals surface area (Å²) in [6.07, 6.45) is 4.63. The van der Waals surface area contributed by atoms with E-state index in [1.54, 1.807) is 18.5 Å². The molecular weight excluding hydrogens is 505 g/mol. The summed E-state index contributed by atoms with van der Waals surface area (Å²) in [6, 6.07) is 5.44. The molecular formula is C24H27BrFN5O3. The Kier molecular flexibility index (Phi) is 6.79. The molecule has 4 rings (SSSR count). The highest BCUT2D eigenvalue weighted by Crippen LogP contribution is 2.39. The molecule has 0 saturated carbocycles. The molecule has 34 heavy (non-hydrogen) atoms. The van der Waals surface area contributed by atoms with Gasteiger partial charge in [0.2, 0.25) is 0 Å². The molecule has 1 fully saturated rings. The normalized spacial score (nSPS) is 16.4. The van der Waals surface area contributed by atoms with E-state index in [2.05, 4.69) is 41.4 Å². The van der Waals surface area contributed by atoms with Crippen LogP contribution in [0, 0.1) is 5.82 Å². The monoisotopic (exact) mass is 531 g/mol. The third-order valence-corrected chi connectivity index (χ3v) is 6.00. The van der Waals surface area contributed by atoms with Crippen LogP contribution >= 0.6 is 15.9 Å². The number of rotatable bonds is 4. The lowest BCUT2D eigenvalue weighted by Crippen LogP contribution is -2.49. The number of fused-ring (bicyclic) bond motifs is 1. The molecule has 0 bridgehead atoms. The molecule has 3 aromatic rings. The van der Waals surface area contributed by atoms with Gasteiger partial charge in [-0.25, -0.2) is 14.2 Å². The molecule has 3 heterocycles. The van der Waals surface area contributed by atoms with E-state index in [4.69, 9.17) is 4.74 Å². The van der Waals surface area contributed by atoms with Gasteiger partial charge < -0.3 is 25.3 Å². The van der Waals surface area contributed by atoms with Crippen LogP contribution in [0.25, 0.3) is 11.0 Å². The number of carbonyl (C=O) groups excluding carboxylic acids is 2. The average Bonchev–Trinajstić information content (AvgIpc) is 3.15. The number of benzene rings is 1. The van der Waals surface area contributed by atoms with Gasteiger partial charge in [-0.3, -0.25) is 4.79 Å². The summed E-state index contributed by atoms with van der Waals surface area (Å²) in [7, 11) is 0. The Morgan fingerprint density at radius 1 is 1.32 bits per heavy atom. The van der Waals surface area contributed by atoms with Crippen LogP contribution in [0.3, 0.4) is 0 Å². The molecule has 2 aromatic heterocycles. The van der Waals surface area contributed by atoms with Crippen molar-refractivity contribution in [2.45, 2.75) is 45.3 Å². The first-order valence-electron chi connectivity index (χ1n) is 11.1. The fourth-order valence-corrected chi connectivity index (χ4v) is 4.61. The number of ether oxygens (including phenoxy) is 1. The van der Waals surface area contributed by atoms with Gasteiger partial charge in [0.25, 0.3) is 5.91 Å². The van der Waals surface area contributed by atoms with Crippen LogP contribution in [0.4, 0.5) is 20.6 Å². The predicted octanol–water partition coefficient (Wildman–Crippen LogP) is 5.21. The highest BCUT2D eigenvalue weighted by molar-refractivity contribution is 9.10. The van der Waals surface area contributed by atoms with Crippen molar-refractivity contribution in [1.29, 1.82) is 0 Å². The second kappa shape index (κ2) is 9.61. The second-order valence-electron chi connectivity index (χ2n) is 9.28. The minimum absolute atomic E-state index is 0.0945. The van der Waals surface area contributed by atoms with E-state index in [-0.39, 0.29) is 11.6 Å². The number of alkyl carbamates (subject to hydrolysis) is 1. The molecule has 180 valence electrons. The van der Waals surface area contributed by atoms with Crippen molar-refractivity contribution in [3.05, 3.63) is 52.5 Å². The van der Waals surface area contributed by atoms with Gasteiger partial charge in [-0.1, -0.05) is 6.07 Å². The number of nitrogens with zero attached hydrogens (tertiary/aromatic N) is 2. The van der Waals surface area contributed by atoms with Gasteiger partial charge in [0.1, 0.15) is 17.1 Å². The van der Waals surface area contributed by atoms with Crippen molar-refractivity contribution in [3.63, 3.8) is 0 Å². The van der Waals surface area contributed by atoms with Crippen LogP contribution < -0.4 is 15.5 Å². The molecule has 0 aliphatic carbocycles. The molecule has 8 nitrogen and oxygen atoms in total. The molecule has 1 aromatic carbocycles. The minimum Gasteiger partial charge on any atom is -0.444 e. The van der Waals surface area contributed by atoms with Crippen LogP contribution in [-0.4, -0.2) is 46.7 Å². The summed E-state index contributed by atoms with van der Waals surface area (Å²) in [5.41, 5.74) is 1.65. The smallest absolute Gasteiger partial charge is 0.407 e. The Morgan fingerprint density at radius 2 is 2.12 bits per heavy atom. The van der Waals surface area contributed by atoms with Crippen molar-refractivity contribution in [1.82, 2.24) is 15.3 Å². The Morgan fingerprint density at radius 3 is 2.85 bits per heavy atom. The van der Waals surface area contributed by atoms with Crippen LogP contribution in [0.1, 0.15) is 44.0 Å². The molecule has 0 spiro atoms. The Labute approximate surface area is 205 Å². The lowest BCUT2D eigenvalue weighted by molar-refractivity contribution is 0.0500. The topological polar surface area (TPSA) is 99.3 Å². The molecule has 1 unspecified atom stereocenters. The lowest BCUT2D eigenvalue weighted by Gasteiger charge is -2.36. The van der Waals surface area contributed by atoms with E-state index in [9.17, 15) is 14.0 Å². The van der Waals surface area contributed by atoms with Gasteiger partial charge >= 0.3 is 6.09 Å². The molecule has 3 N–H and O–H groups in total. The predicted molar refractivity (Wildman–Crippen MR) is 133 cm³/mol. The number of aromatic amines is 1. The van der Waals surface area contributed by atoms with E-state index in [1.807, 2.05) is 20.8 Å². The number of H-pyrrole nitrogens is 1. The Bertz CT molecular complexity index is 1220. The van der Waals surface area contributed by atoms with E-state index in [1.165, 1.54) is 18.2 Å². The number of carbonyl (C=O) groups is 2. The molecule has 2 amide bonds. The number of pyridine rings is 1. The minimum atomic E-state index is -0.571. The second-order valence-corrected chi connectivity index (χ2v) is 10.1. The van der Waals surface area contributed by atoms with Crippen molar-refractivity contribution in [2.75, 3.05) is 23.3 Å². The lowest BCUT2D eigenvalue weighted by atomic mass is 10.0. The maximum atomic E-state index is 13.6. The largest absolute Gasteiger partial charge is 0.444 e. The standard InChI is InChI=1S/C24H27BrFN5O3/c1-24(2,3)34-23(33)29-16-8-5-9-31(13-16)20-17(25)11-27-21-19(20)18(12-28-21)30-22(32)14-6-4-7-15(26)10-14/h4,6-7,10-12,16H,5,8-9,13H2,1-3H3,(H,27,28)(H,29,33)(H,30,32). The van der Waals surface area contributed by atoms with Gasteiger partial charge in [-0.15, -0.1) is 0 Å². The quantitative estimate of drug-likeness (QED) is 0.429. The molecule has 1 saturated heterocycles. The van der Waals surface area contributed by atoms with E-state index < -0.39 is 23.4 Å². The van der Waals surface area contributed by atoms with Crippen molar-refractivity contribution >= 4 is 50.3 Å². The number of aromatic nitrogens is 2. The zero-order chi connectivity index (χ0) is 24.5. The third-order valence-electron chi connectivity index (χ3n) is 5.42. The number of hydrogen-bond acceptors (Lipinski definition) is 5. The maximum Gasteiger partial charge on any atom is 0.407 e. The van der Waals surface area contributed by atoms with Crippen molar-refractivity contribution in [2.24, 2.45) is 0 Å². The molecule has 1 atom stereocenters. The molecule has 10 heteroatoms. The Balaban J connectivity index is 1.60. The van der Waals surface area contributed by atoms with E-state index in [0.717, 1.165) is 34.9 Å². The maximum absolute atomic E-state index is 13.6. The summed E-state index contributed by atoms with van der Waals surface area (Å²) < 4.78 is 19.8. The molecule has 1 aliphatic rings. The van der Waals surface area contributed by atoms with Crippen LogP contribution in [0.15, 0.2) is 41.1 Å². The molecule has 1 aliphatic heterocycles. The summed E-state index contributed by atoms with van der Waals surface area (Å²) in [4.78, 5) is 34.7. The first kappa shape index (κ1) is 24.0. The number of halogens is 2. The molecule has 0 radical (unpaired) electrons. The van der Waals surface area contributed by atoms with Gasteiger partial charge in [-0.2, -0.15) is 0 Å². The number of hydrogen-bond donors (Lipinski definition) is 3. The van der Waals surface area contributed by atoms with Crippen LogP contribution in [0.2, 0.25) is 0 Å². The zero-order valence-electron chi connectivity index (χ0n) is 19.2. The summed E-state index contributed by atoms with van der Waals surface area (Å²) >= 11 is 3.61. The SMILES string of the molecule is CC(C)(C)OC(=O)NC1CCCN(c2c(Br)cnc3[nH]cc(NC(=O)c4cccc(F)c4)c23)C1. The van der Waals surface area contributed by atoms with Gasteiger partial charge in [0, 0.05) is 37.1 Å². The summed E-state index contributed by atoms with van der Waals surface area (Å²) in [6.45, 7) is 6.83. The first-order valence-corrected chi connectivity index (χ1v) is 11.9.